The van der Waals surface area contributed by atoms with E-state index < -0.39 is 0 Å². The summed E-state index contributed by atoms with van der Waals surface area (Å²) in [5, 5.41) is 13.7. The van der Waals surface area contributed by atoms with Crippen LogP contribution < -0.4 is 5.32 Å². The van der Waals surface area contributed by atoms with Crippen molar-refractivity contribution >= 4 is 0 Å². The molecule has 0 spiro atoms. The van der Waals surface area contributed by atoms with Gasteiger partial charge in [-0.1, -0.05) is 19.3 Å². The average molecular weight is 209 g/mol. The highest BCUT2D eigenvalue weighted by Gasteiger charge is 2.40. The molecule has 3 aliphatic rings. The third kappa shape index (κ3) is 1.94. The number of aliphatic hydroxyl groups is 1. The first-order chi connectivity index (χ1) is 7.33. The van der Waals surface area contributed by atoms with Crippen LogP contribution in [-0.2, 0) is 0 Å². The standard InChI is InChI=1S/C13H23NO/c15-13-4-2-1-3-11(13)14-12-8-9-5-6-10(12)7-9/h9-15H,1-8H2/t9-,10-,11+,12-,13+/m0/s1. The molecule has 0 aromatic rings. The van der Waals surface area contributed by atoms with Gasteiger partial charge >= 0.3 is 0 Å². The lowest BCUT2D eigenvalue weighted by atomic mass is 9.89. The Kier molecular flexibility index (Phi) is 2.73. The molecule has 0 radical (unpaired) electrons. The minimum atomic E-state index is -0.0714. The summed E-state index contributed by atoms with van der Waals surface area (Å²) in [5.41, 5.74) is 0. The van der Waals surface area contributed by atoms with Crippen molar-refractivity contribution in [1.82, 2.24) is 5.32 Å². The van der Waals surface area contributed by atoms with Crippen LogP contribution in [0.3, 0.4) is 0 Å². The smallest absolute Gasteiger partial charge is 0.0693 e. The fourth-order valence-electron chi connectivity index (χ4n) is 4.03. The molecule has 0 heterocycles. The molecule has 0 amide bonds. The van der Waals surface area contributed by atoms with Crippen LogP contribution in [0, 0.1) is 11.8 Å². The molecule has 2 N–H and O–H groups in total. The molecule has 3 aliphatic carbocycles. The number of nitrogens with one attached hydrogen (secondary N) is 1. The van der Waals surface area contributed by atoms with Gasteiger partial charge in [0, 0.05) is 12.1 Å². The molecule has 2 heteroatoms. The van der Waals surface area contributed by atoms with Gasteiger partial charge < -0.3 is 10.4 Å². The van der Waals surface area contributed by atoms with E-state index in [2.05, 4.69) is 5.32 Å². The predicted molar refractivity (Wildman–Crippen MR) is 60.6 cm³/mol. The number of hydrogen-bond donors (Lipinski definition) is 2. The summed E-state index contributed by atoms with van der Waals surface area (Å²) >= 11 is 0. The van der Waals surface area contributed by atoms with Crippen LogP contribution in [0.1, 0.15) is 51.4 Å². The highest BCUT2D eigenvalue weighted by Crippen LogP contribution is 2.44. The molecule has 5 atom stereocenters. The maximum atomic E-state index is 9.94. The quantitative estimate of drug-likeness (QED) is 0.729. The topological polar surface area (TPSA) is 32.3 Å². The van der Waals surface area contributed by atoms with E-state index in [9.17, 15) is 5.11 Å². The van der Waals surface area contributed by atoms with E-state index in [1.165, 1.54) is 44.9 Å². The summed E-state index contributed by atoms with van der Waals surface area (Å²) in [7, 11) is 0. The van der Waals surface area contributed by atoms with Crippen LogP contribution in [-0.4, -0.2) is 23.3 Å². The Morgan fingerprint density at radius 2 is 1.73 bits per heavy atom. The highest BCUT2D eigenvalue weighted by molar-refractivity contribution is 4.96. The third-order valence-electron chi connectivity index (χ3n) is 4.90. The van der Waals surface area contributed by atoms with Crippen molar-refractivity contribution in [3.63, 3.8) is 0 Å². The van der Waals surface area contributed by atoms with Crippen LogP contribution in [0.5, 0.6) is 0 Å². The van der Waals surface area contributed by atoms with E-state index >= 15 is 0 Å². The van der Waals surface area contributed by atoms with E-state index in [-0.39, 0.29) is 6.10 Å². The van der Waals surface area contributed by atoms with Gasteiger partial charge in [0.25, 0.3) is 0 Å². The largest absolute Gasteiger partial charge is 0.392 e. The van der Waals surface area contributed by atoms with Crippen LogP contribution in [0.25, 0.3) is 0 Å². The Morgan fingerprint density at radius 1 is 0.867 bits per heavy atom. The summed E-state index contributed by atoms with van der Waals surface area (Å²) in [5.74, 6) is 1.94. The molecule has 2 bridgehead atoms. The van der Waals surface area contributed by atoms with Crippen molar-refractivity contribution in [2.24, 2.45) is 11.8 Å². The molecule has 15 heavy (non-hydrogen) atoms. The number of fused-ring (bicyclic) bond motifs is 2. The number of rotatable bonds is 2. The summed E-state index contributed by atoms with van der Waals surface area (Å²) in [4.78, 5) is 0. The molecular formula is C13H23NO. The SMILES string of the molecule is O[C@@H]1CCCC[C@H]1N[C@H]1C[C@H]2CC[C@H]1C2. The summed E-state index contributed by atoms with van der Waals surface area (Å²) in [6.45, 7) is 0. The van der Waals surface area contributed by atoms with Crippen molar-refractivity contribution in [2.75, 3.05) is 0 Å². The minimum absolute atomic E-state index is 0.0714. The molecule has 0 unspecified atom stereocenters. The van der Waals surface area contributed by atoms with Crippen molar-refractivity contribution in [1.29, 1.82) is 0 Å². The molecule has 2 nitrogen and oxygen atoms in total. The molecule has 3 rings (SSSR count). The van der Waals surface area contributed by atoms with Crippen molar-refractivity contribution in [3.05, 3.63) is 0 Å². The lowest BCUT2D eigenvalue weighted by Gasteiger charge is -2.34. The zero-order chi connectivity index (χ0) is 10.3. The number of hydrogen-bond acceptors (Lipinski definition) is 2. The lowest BCUT2D eigenvalue weighted by Crippen LogP contribution is -2.48. The van der Waals surface area contributed by atoms with Gasteiger partial charge in [0.05, 0.1) is 6.10 Å². The molecule has 86 valence electrons. The fourth-order valence-corrected chi connectivity index (χ4v) is 4.03. The van der Waals surface area contributed by atoms with Crippen molar-refractivity contribution in [2.45, 2.75) is 69.6 Å². The van der Waals surface area contributed by atoms with Crippen molar-refractivity contribution in [3.8, 4) is 0 Å². The second-order valence-corrected chi connectivity index (χ2v) is 5.91. The predicted octanol–water partition coefficient (Wildman–Crippen LogP) is 2.07. The lowest BCUT2D eigenvalue weighted by molar-refractivity contribution is 0.0799. The Hall–Kier alpha value is -0.0800. The van der Waals surface area contributed by atoms with E-state index in [1.807, 2.05) is 0 Å². The second kappa shape index (κ2) is 4.06. The van der Waals surface area contributed by atoms with Crippen molar-refractivity contribution < 1.29 is 5.11 Å². The average Bonchev–Trinajstić information content (AvgIpc) is 2.83. The van der Waals surface area contributed by atoms with E-state index in [1.54, 1.807) is 0 Å². The van der Waals surface area contributed by atoms with Gasteiger partial charge in [0.15, 0.2) is 0 Å². The van der Waals surface area contributed by atoms with Gasteiger partial charge in [0.1, 0.15) is 0 Å². The fraction of sp³-hybridized carbons (Fsp3) is 1.00. The first-order valence-electron chi connectivity index (χ1n) is 6.77. The van der Waals surface area contributed by atoms with E-state index in [4.69, 9.17) is 0 Å². The molecule has 0 aromatic heterocycles. The van der Waals surface area contributed by atoms with Crippen LogP contribution in [0.2, 0.25) is 0 Å². The van der Waals surface area contributed by atoms with Gasteiger partial charge in [-0.3, -0.25) is 0 Å². The Bertz CT molecular complexity index is 231. The van der Waals surface area contributed by atoms with Crippen LogP contribution in [0.15, 0.2) is 0 Å². The number of aliphatic hydroxyl groups excluding tert-OH is 1. The maximum absolute atomic E-state index is 9.94. The molecule has 0 aliphatic heterocycles. The van der Waals surface area contributed by atoms with Crippen LogP contribution in [0.4, 0.5) is 0 Å². The molecule has 0 saturated heterocycles. The van der Waals surface area contributed by atoms with Gasteiger partial charge in [-0.2, -0.15) is 0 Å². The van der Waals surface area contributed by atoms with Gasteiger partial charge in [-0.15, -0.1) is 0 Å². The summed E-state index contributed by atoms with van der Waals surface area (Å²) in [6.07, 6.45) is 10.4. The van der Waals surface area contributed by atoms with Gasteiger partial charge in [-0.05, 0) is 43.9 Å². The second-order valence-electron chi connectivity index (χ2n) is 5.91. The zero-order valence-corrected chi connectivity index (χ0v) is 9.49. The highest BCUT2D eigenvalue weighted by atomic mass is 16.3. The molecule has 3 saturated carbocycles. The Labute approximate surface area is 92.4 Å². The van der Waals surface area contributed by atoms with Gasteiger partial charge in [0.2, 0.25) is 0 Å². The Balaban J connectivity index is 1.56. The third-order valence-corrected chi connectivity index (χ3v) is 4.90. The summed E-state index contributed by atoms with van der Waals surface area (Å²) in [6, 6.07) is 1.14. The summed E-state index contributed by atoms with van der Waals surface area (Å²) < 4.78 is 0. The monoisotopic (exact) mass is 209 g/mol. The van der Waals surface area contributed by atoms with E-state index in [0.29, 0.717) is 6.04 Å². The van der Waals surface area contributed by atoms with Gasteiger partial charge in [-0.25, -0.2) is 0 Å². The molecule has 0 aromatic carbocycles. The van der Waals surface area contributed by atoms with E-state index in [0.717, 1.165) is 24.3 Å². The molecular weight excluding hydrogens is 186 g/mol. The Morgan fingerprint density at radius 3 is 2.40 bits per heavy atom. The minimum Gasteiger partial charge on any atom is -0.392 e. The normalized spacial score (nSPS) is 49.8. The van der Waals surface area contributed by atoms with Crippen LogP contribution >= 0.6 is 0 Å². The maximum Gasteiger partial charge on any atom is 0.0693 e. The first kappa shape index (κ1) is 10.1. The molecule has 3 fully saturated rings. The first-order valence-corrected chi connectivity index (χ1v) is 6.77. The zero-order valence-electron chi connectivity index (χ0n) is 9.49.